The highest BCUT2D eigenvalue weighted by molar-refractivity contribution is 6.33. The molecule has 0 amide bonds. The predicted molar refractivity (Wildman–Crippen MR) is 96.9 cm³/mol. The summed E-state index contributed by atoms with van der Waals surface area (Å²) in [7, 11) is 1.71. The Kier molecular flexibility index (Phi) is 3.86. The molecule has 3 heterocycles. The Labute approximate surface area is 149 Å². The Morgan fingerprint density at radius 2 is 2.00 bits per heavy atom. The molecular weight excluding hydrogens is 336 g/mol. The number of rotatable bonds is 4. The summed E-state index contributed by atoms with van der Waals surface area (Å²) in [6, 6.07) is 13.8. The number of hydrogen-bond acceptors (Lipinski definition) is 3. The normalized spacial score (nSPS) is 11.1. The van der Waals surface area contributed by atoms with Crippen molar-refractivity contribution < 1.29 is 4.79 Å². The van der Waals surface area contributed by atoms with Crippen LogP contribution >= 0.6 is 11.6 Å². The molecule has 1 aromatic carbocycles. The van der Waals surface area contributed by atoms with Gasteiger partial charge in [0.2, 0.25) is 0 Å². The molecule has 3 aromatic heterocycles. The fourth-order valence-electron chi connectivity index (χ4n) is 2.88. The van der Waals surface area contributed by atoms with Gasteiger partial charge in [0.1, 0.15) is 11.3 Å². The summed E-state index contributed by atoms with van der Waals surface area (Å²) in [5.41, 5.74) is 4.08. The molecule has 4 aromatic rings. The van der Waals surface area contributed by atoms with Crippen LogP contribution in [-0.2, 0) is 13.5 Å². The van der Waals surface area contributed by atoms with E-state index in [1.165, 1.54) is 10.9 Å². The average molecular weight is 351 g/mol. The first-order valence-electron chi connectivity index (χ1n) is 7.85. The fraction of sp³-hybridized carbons (Fsp3) is 0.105. The Hall–Kier alpha value is -2.92. The van der Waals surface area contributed by atoms with Crippen LogP contribution in [0, 0.1) is 0 Å². The Morgan fingerprint density at radius 1 is 1.20 bits per heavy atom. The van der Waals surface area contributed by atoms with E-state index in [0.717, 1.165) is 22.5 Å². The van der Waals surface area contributed by atoms with Gasteiger partial charge in [0.05, 0.1) is 16.9 Å². The lowest BCUT2D eigenvalue weighted by atomic mass is 10.1. The molecule has 0 spiro atoms. The lowest BCUT2D eigenvalue weighted by Crippen LogP contribution is -2.10. The number of aromatic nitrogens is 4. The van der Waals surface area contributed by atoms with Crippen LogP contribution in [0.1, 0.15) is 16.1 Å². The van der Waals surface area contributed by atoms with Crippen LogP contribution in [0.5, 0.6) is 0 Å². The smallest absolute Gasteiger partial charge is 0.186 e. The standard InChI is InChI=1S/C19H15ClN4O/c1-23-19(15(20)11-21-23)17(25)9-13-7-8-24-12-16(22-18(24)10-13)14-5-3-2-4-6-14/h2-8,10-12H,9H2,1H3. The Balaban J connectivity index is 1.64. The van der Waals surface area contributed by atoms with Crippen molar-refractivity contribution in [3.05, 3.63) is 77.3 Å². The summed E-state index contributed by atoms with van der Waals surface area (Å²) in [5, 5.41) is 4.39. The van der Waals surface area contributed by atoms with Crippen molar-refractivity contribution in [3.8, 4) is 11.3 Å². The lowest BCUT2D eigenvalue weighted by molar-refractivity contribution is 0.0984. The molecule has 0 unspecified atom stereocenters. The monoisotopic (exact) mass is 350 g/mol. The highest BCUT2D eigenvalue weighted by Gasteiger charge is 2.16. The first-order valence-corrected chi connectivity index (χ1v) is 8.23. The summed E-state index contributed by atoms with van der Waals surface area (Å²) in [4.78, 5) is 17.2. The number of pyridine rings is 1. The van der Waals surface area contributed by atoms with Gasteiger partial charge in [-0.1, -0.05) is 41.9 Å². The van der Waals surface area contributed by atoms with Gasteiger partial charge in [-0.05, 0) is 17.7 Å². The molecule has 0 aliphatic carbocycles. The van der Waals surface area contributed by atoms with E-state index < -0.39 is 0 Å². The summed E-state index contributed by atoms with van der Waals surface area (Å²) >= 11 is 6.05. The van der Waals surface area contributed by atoms with Crippen molar-refractivity contribution in [1.29, 1.82) is 0 Å². The van der Waals surface area contributed by atoms with Crippen LogP contribution < -0.4 is 0 Å². The number of nitrogens with zero attached hydrogens (tertiary/aromatic N) is 4. The quantitative estimate of drug-likeness (QED) is 0.526. The zero-order chi connectivity index (χ0) is 17.4. The largest absolute Gasteiger partial charge is 0.306 e. The molecule has 0 bridgehead atoms. The minimum Gasteiger partial charge on any atom is -0.306 e. The molecule has 0 aliphatic rings. The number of imidazole rings is 1. The van der Waals surface area contributed by atoms with E-state index in [1.54, 1.807) is 7.05 Å². The zero-order valence-electron chi connectivity index (χ0n) is 13.6. The first-order chi connectivity index (χ1) is 12.1. The number of carbonyl (C=O) groups is 1. The second kappa shape index (κ2) is 6.18. The maximum Gasteiger partial charge on any atom is 0.186 e. The SMILES string of the molecule is Cn1ncc(Cl)c1C(=O)Cc1ccn2cc(-c3ccccc3)nc2c1. The van der Waals surface area contributed by atoms with E-state index in [-0.39, 0.29) is 12.2 Å². The Morgan fingerprint density at radius 3 is 2.72 bits per heavy atom. The third kappa shape index (κ3) is 2.94. The van der Waals surface area contributed by atoms with Crippen LogP contribution in [0.2, 0.25) is 5.02 Å². The fourth-order valence-corrected chi connectivity index (χ4v) is 3.15. The van der Waals surface area contributed by atoms with Crippen molar-refractivity contribution in [1.82, 2.24) is 19.2 Å². The number of Topliss-reactive ketones (excluding diaryl/α,β-unsaturated/α-hetero) is 1. The van der Waals surface area contributed by atoms with Crippen molar-refractivity contribution >= 4 is 23.0 Å². The second-order valence-electron chi connectivity index (χ2n) is 5.86. The molecule has 5 nitrogen and oxygen atoms in total. The van der Waals surface area contributed by atoms with Crippen molar-refractivity contribution in [2.45, 2.75) is 6.42 Å². The molecule has 0 atom stereocenters. The van der Waals surface area contributed by atoms with Gasteiger partial charge in [-0.25, -0.2) is 4.98 Å². The molecular formula is C19H15ClN4O. The number of aryl methyl sites for hydroxylation is 1. The molecule has 0 aliphatic heterocycles. The van der Waals surface area contributed by atoms with Gasteiger partial charge in [-0.3, -0.25) is 9.48 Å². The minimum atomic E-state index is -0.0656. The topological polar surface area (TPSA) is 52.2 Å². The third-order valence-corrected chi connectivity index (χ3v) is 4.39. The van der Waals surface area contributed by atoms with E-state index in [1.807, 2.05) is 59.3 Å². The molecule has 0 N–H and O–H groups in total. The number of benzene rings is 1. The van der Waals surface area contributed by atoms with E-state index in [4.69, 9.17) is 11.6 Å². The first kappa shape index (κ1) is 15.6. The Bertz CT molecular complexity index is 1050. The van der Waals surface area contributed by atoms with E-state index in [2.05, 4.69) is 10.1 Å². The van der Waals surface area contributed by atoms with E-state index in [0.29, 0.717) is 10.7 Å². The van der Waals surface area contributed by atoms with Crippen LogP contribution in [0.15, 0.2) is 61.1 Å². The predicted octanol–water partition coefficient (Wildman–Crippen LogP) is 3.81. The molecule has 124 valence electrons. The molecule has 25 heavy (non-hydrogen) atoms. The maximum atomic E-state index is 12.5. The number of halogens is 1. The molecule has 4 rings (SSSR count). The van der Waals surface area contributed by atoms with Gasteiger partial charge in [0.25, 0.3) is 0 Å². The third-order valence-electron chi connectivity index (χ3n) is 4.12. The number of carbonyl (C=O) groups excluding carboxylic acids is 1. The minimum absolute atomic E-state index is 0.0656. The second-order valence-corrected chi connectivity index (χ2v) is 6.26. The van der Waals surface area contributed by atoms with Crippen LogP contribution in [0.4, 0.5) is 0 Å². The molecule has 0 radical (unpaired) electrons. The lowest BCUT2D eigenvalue weighted by Gasteiger charge is -2.03. The summed E-state index contributed by atoms with van der Waals surface area (Å²) in [6.45, 7) is 0. The van der Waals surface area contributed by atoms with Crippen LogP contribution in [0.25, 0.3) is 16.9 Å². The average Bonchev–Trinajstić information content (AvgIpc) is 3.18. The summed E-state index contributed by atoms with van der Waals surface area (Å²) < 4.78 is 3.46. The number of hydrogen-bond donors (Lipinski definition) is 0. The van der Waals surface area contributed by atoms with Crippen LogP contribution in [0.3, 0.4) is 0 Å². The van der Waals surface area contributed by atoms with Gasteiger partial charge in [-0.2, -0.15) is 5.10 Å². The number of fused-ring (bicyclic) bond motifs is 1. The highest BCUT2D eigenvalue weighted by Crippen LogP contribution is 2.21. The van der Waals surface area contributed by atoms with Crippen LogP contribution in [-0.4, -0.2) is 24.9 Å². The molecule has 6 heteroatoms. The van der Waals surface area contributed by atoms with Gasteiger partial charge in [0.15, 0.2) is 5.78 Å². The highest BCUT2D eigenvalue weighted by atomic mass is 35.5. The van der Waals surface area contributed by atoms with E-state index in [9.17, 15) is 4.79 Å². The van der Waals surface area contributed by atoms with Gasteiger partial charge >= 0.3 is 0 Å². The van der Waals surface area contributed by atoms with E-state index >= 15 is 0 Å². The summed E-state index contributed by atoms with van der Waals surface area (Å²) in [6.07, 6.45) is 5.64. The maximum absolute atomic E-state index is 12.5. The zero-order valence-corrected chi connectivity index (χ0v) is 14.3. The van der Waals surface area contributed by atoms with Gasteiger partial charge < -0.3 is 4.40 Å². The van der Waals surface area contributed by atoms with Crippen molar-refractivity contribution in [2.75, 3.05) is 0 Å². The molecule has 0 saturated heterocycles. The van der Waals surface area contributed by atoms with Crippen molar-refractivity contribution in [3.63, 3.8) is 0 Å². The molecule has 0 saturated carbocycles. The summed E-state index contributed by atoms with van der Waals surface area (Å²) in [5.74, 6) is -0.0656. The van der Waals surface area contributed by atoms with Gasteiger partial charge in [-0.15, -0.1) is 0 Å². The van der Waals surface area contributed by atoms with Gasteiger partial charge in [0, 0.05) is 31.4 Å². The number of ketones is 1. The molecule has 0 fully saturated rings. The van der Waals surface area contributed by atoms with Crippen molar-refractivity contribution in [2.24, 2.45) is 7.05 Å².